The summed E-state index contributed by atoms with van der Waals surface area (Å²) in [5.41, 5.74) is 1.83. The summed E-state index contributed by atoms with van der Waals surface area (Å²) in [5.74, 6) is 3.63. The number of halogens is 6. The predicted molar refractivity (Wildman–Crippen MR) is 299 cm³/mol. The summed E-state index contributed by atoms with van der Waals surface area (Å²) in [6.45, 7) is 14.7. The van der Waals surface area contributed by atoms with Crippen molar-refractivity contribution in [2.75, 3.05) is 26.4 Å². The number of alkyl halides is 6. The fraction of sp³-hybridized carbons (Fsp3) is 0.655. The molecule has 2 heterocycles. The highest BCUT2D eigenvalue weighted by atomic mass is 28.3. The number of rotatable bonds is 36. The number of aliphatic hydroxyl groups is 1. The Balaban J connectivity index is 0.000000432. The molecule has 75 heavy (non-hydrogen) atoms. The number of aromatic hydroxyl groups is 1. The van der Waals surface area contributed by atoms with E-state index in [1.54, 1.807) is 12.4 Å². The largest absolute Gasteiger partial charge is 0.505 e. The summed E-state index contributed by atoms with van der Waals surface area (Å²) < 4.78 is 90.7. The smallest absolute Gasteiger partial charge is 0.388 e. The van der Waals surface area contributed by atoms with Crippen molar-refractivity contribution in [3.05, 3.63) is 73.3 Å². The maximum absolute atomic E-state index is 12.5. The number of nitrogens with zero attached hydrogens (tertiary/aromatic N) is 4. The Morgan fingerprint density at radius 3 is 1.09 bits per heavy atom. The van der Waals surface area contributed by atoms with Crippen LogP contribution >= 0.6 is 0 Å². The van der Waals surface area contributed by atoms with E-state index in [2.05, 4.69) is 33.8 Å². The zero-order valence-electron chi connectivity index (χ0n) is 46.3. The highest BCUT2D eigenvalue weighted by Gasteiger charge is 2.32. The molecule has 0 saturated carbocycles. The van der Waals surface area contributed by atoms with E-state index in [1.165, 1.54) is 102 Å². The number of aromatic nitrogens is 4. The second kappa shape index (κ2) is 38.3. The van der Waals surface area contributed by atoms with Crippen LogP contribution in [0.5, 0.6) is 23.0 Å². The first kappa shape index (κ1) is 66.9. The van der Waals surface area contributed by atoms with Crippen LogP contribution in [0.15, 0.2) is 73.3 Å². The van der Waals surface area contributed by atoms with Crippen molar-refractivity contribution in [2.45, 2.75) is 218 Å². The quantitative estimate of drug-likeness (QED) is 0.0261. The molecular weight excluding hydrogens is 1000 g/mol. The molecule has 2 aromatic carbocycles. The van der Waals surface area contributed by atoms with Gasteiger partial charge in [-0.3, -0.25) is 0 Å². The van der Waals surface area contributed by atoms with Gasteiger partial charge in [0.2, 0.25) is 0 Å². The van der Waals surface area contributed by atoms with E-state index < -0.39 is 41.3 Å². The Labute approximate surface area is 448 Å². The lowest BCUT2D eigenvalue weighted by molar-refractivity contribution is -0.131. The first-order chi connectivity index (χ1) is 35.7. The second-order valence-corrected chi connectivity index (χ2v) is 31.9. The summed E-state index contributed by atoms with van der Waals surface area (Å²) in [7, 11) is -3.50. The SMILES string of the molecule is CCCCCCCCCCOc1ccc(-c2ncc(O)cn2)cc1.CCCCCCCCCCOc1ccc(-c2ncc(OCCCC[Si](C)(C)CCC(F)(F)F)cn2)cc1.C[Si](C)(CCCCO)CCC(F)(F)F. The molecule has 0 aliphatic carbocycles. The van der Waals surface area contributed by atoms with Crippen LogP contribution in [-0.4, -0.2) is 85.1 Å². The molecule has 0 atom stereocenters. The topological polar surface area (TPSA) is 120 Å². The summed E-state index contributed by atoms with van der Waals surface area (Å²) in [4.78, 5) is 17.0. The van der Waals surface area contributed by atoms with Crippen LogP contribution in [0.25, 0.3) is 22.8 Å². The average molecular weight is 1100 g/mol. The Morgan fingerprint density at radius 1 is 0.413 bits per heavy atom. The summed E-state index contributed by atoms with van der Waals surface area (Å²) in [6.07, 6.45) is 20.7. The average Bonchev–Trinajstić information content (AvgIpc) is 3.37. The Kier molecular flexibility index (Phi) is 34.2. The fourth-order valence-electron chi connectivity index (χ4n) is 8.08. The van der Waals surface area contributed by atoms with Gasteiger partial charge in [0, 0.05) is 46.7 Å². The van der Waals surface area contributed by atoms with Crippen molar-refractivity contribution in [1.82, 2.24) is 19.9 Å². The molecule has 2 N–H and O–H groups in total. The summed E-state index contributed by atoms with van der Waals surface area (Å²) in [6, 6.07) is 17.9. The van der Waals surface area contributed by atoms with Gasteiger partial charge < -0.3 is 24.4 Å². The molecule has 0 amide bonds. The Morgan fingerprint density at radius 2 is 0.733 bits per heavy atom. The standard InChI is InChI=1S/C29H45F3N2O2Si.C20H28N2O2.C9H19F3OSi/c1-4-5-6-7-8-9-10-11-19-35-26-16-14-25(15-17-26)28-33-23-27(24-34-28)36-20-12-13-21-37(2,3)22-18-29(30,31)32;1-2-3-4-5-6-7-8-9-14-24-19-12-10-17(11-13-19)20-21-15-18(23)16-22-20;1-14(2,7-4-3-6-13)8-5-9(10,11)12/h14-17,23-24H,4-13,18-22H2,1-3H3;10-13,15-16,23H,2-9,14H2,1H3;13H,3-8H2,1-2H3. The molecule has 17 heteroatoms. The normalized spacial score (nSPS) is 11.9. The number of hydrogen-bond acceptors (Lipinski definition) is 9. The molecule has 0 unspecified atom stereocenters. The maximum atomic E-state index is 12.5. The molecule has 4 rings (SSSR count). The van der Waals surface area contributed by atoms with Crippen LogP contribution in [0.2, 0.25) is 50.4 Å². The molecule has 0 aliphatic heterocycles. The predicted octanol–water partition coefficient (Wildman–Crippen LogP) is 18.3. The van der Waals surface area contributed by atoms with Crippen LogP contribution < -0.4 is 14.2 Å². The fourth-order valence-corrected chi connectivity index (χ4v) is 12.9. The van der Waals surface area contributed by atoms with Gasteiger partial charge in [0.25, 0.3) is 0 Å². The van der Waals surface area contributed by atoms with Gasteiger partial charge in [-0.25, -0.2) is 19.9 Å². The Bertz CT molecular complexity index is 1990. The van der Waals surface area contributed by atoms with E-state index in [0.717, 1.165) is 80.0 Å². The summed E-state index contributed by atoms with van der Waals surface area (Å²) in [5, 5.41) is 17.8. The molecule has 4 aromatic rings. The third kappa shape index (κ3) is 35.7. The molecule has 0 saturated heterocycles. The van der Waals surface area contributed by atoms with Crippen molar-refractivity contribution in [1.29, 1.82) is 0 Å². The van der Waals surface area contributed by atoms with E-state index in [0.29, 0.717) is 42.5 Å². The number of unbranched alkanes of at least 4 members (excludes halogenated alkanes) is 16. The molecule has 9 nitrogen and oxygen atoms in total. The lowest BCUT2D eigenvalue weighted by Gasteiger charge is -2.23. The highest BCUT2D eigenvalue weighted by molar-refractivity contribution is 6.77. The van der Waals surface area contributed by atoms with E-state index in [9.17, 15) is 31.4 Å². The van der Waals surface area contributed by atoms with Crippen molar-refractivity contribution >= 4 is 16.1 Å². The minimum atomic E-state index is -4.05. The van der Waals surface area contributed by atoms with Crippen molar-refractivity contribution in [2.24, 2.45) is 0 Å². The number of hydrogen-bond donors (Lipinski definition) is 2. The van der Waals surface area contributed by atoms with Crippen LogP contribution in [0.3, 0.4) is 0 Å². The molecule has 2 aromatic heterocycles. The van der Waals surface area contributed by atoms with Crippen LogP contribution in [0, 0.1) is 0 Å². The lowest BCUT2D eigenvalue weighted by atomic mass is 10.1. The van der Waals surface area contributed by atoms with Crippen molar-refractivity contribution in [3.8, 4) is 45.8 Å². The third-order valence-corrected chi connectivity index (χ3v) is 19.6. The minimum Gasteiger partial charge on any atom is -0.505 e. The molecule has 0 bridgehead atoms. The number of aliphatic hydroxyl groups excluding tert-OH is 1. The van der Waals surface area contributed by atoms with Crippen molar-refractivity contribution in [3.63, 3.8) is 0 Å². The molecule has 424 valence electrons. The van der Waals surface area contributed by atoms with Crippen molar-refractivity contribution < 1.29 is 50.8 Å². The third-order valence-electron chi connectivity index (χ3n) is 13.0. The van der Waals surface area contributed by atoms with E-state index in [-0.39, 0.29) is 12.4 Å². The lowest BCUT2D eigenvalue weighted by Crippen LogP contribution is -2.27. The van der Waals surface area contributed by atoms with E-state index in [4.69, 9.17) is 19.3 Å². The van der Waals surface area contributed by atoms with Gasteiger partial charge in [-0.05, 0) is 86.3 Å². The van der Waals surface area contributed by atoms with Gasteiger partial charge in [-0.1, -0.05) is 155 Å². The van der Waals surface area contributed by atoms with Crippen LogP contribution in [-0.2, 0) is 0 Å². The molecular formula is C58H92F6N4O5Si2. The van der Waals surface area contributed by atoms with Crippen LogP contribution in [0.4, 0.5) is 26.3 Å². The Hall–Kier alpha value is -4.23. The van der Waals surface area contributed by atoms with Gasteiger partial charge in [0.15, 0.2) is 23.1 Å². The van der Waals surface area contributed by atoms with Gasteiger partial charge in [0.05, 0.1) is 44.6 Å². The first-order valence-corrected chi connectivity index (χ1v) is 34.7. The van der Waals surface area contributed by atoms with E-state index >= 15 is 0 Å². The molecule has 0 fully saturated rings. The molecule has 0 radical (unpaired) electrons. The van der Waals surface area contributed by atoms with Gasteiger partial charge in [0.1, 0.15) is 11.5 Å². The molecule has 0 aliphatic rings. The second-order valence-electron chi connectivity index (χ2n) is 21.2. The highest BCUT2D eigenvalue weighted by Crippen LogP contribution is 2.31. The van der Waals surface area contributed by atoms with Gasteiger partial charge >= 0.3 is 12.4 Å². The zero-order valence-corrected chi connectivity index (χ0v) is 48.3. The van der Waals surface area contributed by atoms with Gasteiger partial charge in [-0.2, -0.15) is 26.3 Å². The van der Waals surface area contributed by atoms with Crippen LogP contribution in [0.1, 0.15) is 155 Å². The monoisotopic (exact) mass is 1090 g/mol. The zero-order chi connectivity index (χ0) is 55.3. The van der Waals surface area contributed by atoms with E-state index in [1.807, 2.05) is 74.7 Å². The maximum Gasteiger partial charge on any atom is 0.388 e. The minimum absolute atomic E-state index is 0.0732. The molecule has 0 spiro atoms. The number of ether oxygens (including phenoxy) is 3. The summed E-state index contributed by atoms with van der Waals surface area (Å²) >= 11 is 0. The first-order valence-electron chi connectivity index (χ1n) is 27.9. The van der Waals surface area contributed by atoms with Gasteiger partial charge in [-0.15, -0.1) is 0 Å². The number of benzene rings is 2.